The van der Waals surface area contributed by atoms with Crippen molar-refractivity contribution in [2.75, 3.05) is 10.6 Å². The Balaban J connectivity index is 1.48. The lowest BCUT2D eigenvalue weighted by Crippen LogP contribution is -2.23. The van der Waals surface area contributed by atoms with Gasteiger partial charge >= 0.3 is 6.03 Å². The number of nitrogens with one attached hydrogen (secondary N) is 2. The van der Waals surface area contributed by atoms with Gasteiger partial charge < -0.3 is 15.4 Å². The molecule has 32 heavy (non-hydrogen) atoms. The summed E-state index contributed by atoms with van der Waals surface area (Å²) in [7, 11) is 0. The van der Waals surface area contributed by atoms with Gasteiger partial charge in [0.25, 0.3) is 11.3 Å². The van der Waals surface area contributed by atoms with Gasteiger partial charge in [0.1, 0.15) is 18.7 Å². The number of nitrogens with zero attached hydrogens (tertiary/aromatic N) is 4. The quantitative estimate of drug-likeness (QED) is 0.479. The predicted octanol–water partition coefficient (Wildman–Crippen LogP) is 4.00. The monoisotopic (exact) mass is 432 g/mol. The Morgan fingerprint density at radius 3 is 2.50 bits per heavy atom. The second kappa shape index (κ2) is 8.93. The van der Waals surface area contributed by atoms with Crippen LogP contribution in [0, 0.1) is 6.92 Å². The molecule has 0 aliphatic rings. The molecule has 9 heteroatoms. The molecule has 2 N–H and O–H groups in total. The molecule has 0 atom stereocenters. The van der Waals surface area contributed by atoms with E-state index in [2.05, 4.69) is 20.6 Å². The minimum atomic E-state index is -0.382. The molecular weight excluding hydrogens is 408 g/mol. The van der Waals surface area contributed by atoms with E-state index in [0.717, 1.165) is 11.3 Å². The molecule has 4 aromatic rings. The normalized spacial score (nSPS) is 11.0. The van der Waals surface area contributed by atoms with Gasteiger partial charge in [0, 0.05) is 17.8 Å². The second-order valence-electron chi connectivity index (χ2n) is 7.59. The zero-order valence-corrected chi connectivity index (χ0v) is 18.1. The van der Waals surface area contributed by atoms with Crippen molar-refractivity contribution in [2.24, 2.45) is 0 Å². The van der Waals surface area contributed by atoms with E-state index >= 15 is 0 Å². The average Bonchev–Trinajstić information content (AvgIpc) is 3.20. The van der Waals surface area contributed by atoms with Crippen molar-refractivity contribution in [3.63, 3.8) is 0 Å². The topological polar surface area (TPSA) is 103 Å². The minimum absolute atomic E-state index is 0.0540. The van der Waals surface area contributed by atoms with Crippen LogP contribution in [-0.2, 0) is 6.61 Å². The van der Waals surface area contributed by atoms with Crippen molar-refractivity contribution in [2.45, 2.75) is 33.4 Å². The second-order valence-corrected chi connectivity index (χ2v) is 7.59. The van der Waals surface area contributed by atoms with Gasteiger partial charge in [0.05, 0.1) is 11.4 Å². The number of ether oxygens (including phenoxy) is 1. The Hall–Kier alpha value is -4.14. The number of carbonyl (C=O) groups is 1. The molecule has 0 radical (unpaired) electrons. The summed E-state index contributed by atoms with van der Waals surface area (Å²) in [6.45, 7) is 5.90. The number of hydrogen-bond acceptors (Lipinski definition) is 5. The Kier molecular flexibility index (Phi) is 5.89. The summed E-state index contributed by atoms with van der Waals surface area (Å²) in [5.41, 5.74) is 2.40. The standard InChI is InChI=1S/C23H24N6O3/c1-15(2)28-14-24-22-25-17(12-21(30)29(22)28)13-32-20-11-7-6-10-19(20)27-23(31)26-18-9-5-4-8-16(18)3/h4-12,14-15H,13H2,1-3H3,(H2,26,27,31). The zero-order chi connectivity index (χ0) is 22.7. The highest BCUT2D eigenvalue weighted by Crippen LogP contribution is 2.25. The molecule has 2 aromatic heterocycles. The van der Waals surface area contributed by atoms with Crippen molar-refractivity contribution in [1.82, 2.24) is 19.2 Å². The third-order valence-corrected chi connectivity index (χ3v) is 4.89. The SMILES string of the molecule is Cc1ccccc1NC(=O)Nc1ccccc1OCc1cc(=O)n2c(ncn2C(C)C)n1. The van der Waals surface area contributed by atoms with E-state index in [9.17, 15) is 9.59 Å². The molecule has 0 fully saturated rings. The molecule has 0 aliphatic carbocycles. The smallest absolute Gasteiger partial charge is 0.323 e. The van der Waals surface area contributed by atoms with Gasteiger partial charge in [-0.2, -0.15) is 9.50 Å². The van der Waals surface area contributed by atoms with E-state index in [0.29, 0.717) is 22.9 Å². The molecule has 2 amide bonds. The molecule has 164 valence electrons. The molecule has 4 rings (SSSR count). The van der Waals surface area contributed by atoms with Crippen LogP contribution in [0.4, 0.5) is 16.2 Å². The van der Waals surface area contributed by atoms with Crippen LogP contribution in [0.5, 0.6) is 5.75 Å². The number of aryl methyl sites for hydroxylation is 1. The van der Waals surface area contributed by atoms with Crippen LogP contribution in [0.25, 0.3) is 5.78 Å². The first kappa shape index (κ1) is 21.1. The van der Waals surface area contributed by atoms with Gasteiger partial charge in [-0.05, 0) is 44.5 Å². The van der Waals surface area contributed by atoms with E-state index < -0.39 is 0 Å². The molecule has 2 heterocycles. The molecule has 9 nitrogen and oxygen atoms in total. The number of carbonyl (C=O) groups excluding carboxylic acids is 1. The molecular formula is C23H24N6O3. The van der Waals surface area contributed by atoms with Crippen molar-refractivity contribution in [3.8, 4) is 5.75 Å². The fraction of sp³-hybridized carbons (Fsp3) is 0.217. The van der Waals surface area contributed by atoms with Crippen LogP contribution < -0.4 is 20.9 Å². The van der Waals surface area contributed by atoms with Crippen molar-refractivity contribution in [3.05, 3.63) is 82.5 Å². The fourth-order valence-electron chi connectivity index (χ4n) is 3.25. The first-order valence-corrected chi connectivity index (χ1v) is 10.2. The van der Waals surface area contributed by atoms with Gasteiger partial charge in [-0.3, -0.25) is 9.48 Å². The lowest BCUT2D eigenvalue weighted by molar-refractivity contribution is 0.261. The fourth-order valence-corrected chi connectivity index (χ4v) is 3.25. The average molecular weight is 432 g/mol. The molecule has 0 saturated heterocycles. The highest BCUT2D eigenvalue weighted by molar-refractivity contribution is 6.01. The van der Waals surface area contributed by atoms with Crippen LogP contribution in [0.2, 0.25) is 0 Å². The summed E-state index contributed by atoms with van der Waals surface area (Å²) in [6, 6.07) is 15.7. The van der Waals surface area contributed by atoms with Crippen LogP contribution in [0.1, 0.15) is 31.1 Å². The van der Waals surface area contributed by atoms with Gasteiger partial charge in [-0.25, -0.2) is 9.78 Å². The van der Waals surface area contributed by atoms with Gasteiger partial charge in [0.2, 0.25) is 0 Å². The van der Waals surface area contributed by atoms with Gasteiger partial charge in [0.15, 0.2) is 0 Å². The minimum Gasteiger partial charge on any atom is -0.485 e. The van der Waals surface area contributed by atoms with Gasteiger partial charge in [-0.1, -0.05) is 30.3 Å². The summed E-state index contributed by atoms with van der Waals surface area (Å²) in [6.07, 6.45) is 1.59. The van der Waals surface area contributed by atoms with Crippen molar-refractivity contribution >= 4 is 23.2 Å². The maximum atomic E-state index is 12.6. The number of benzene rings is 2. The summed E-state index contributed by atoms with van der Waals surface area (Å²) >= 11 is 0. The number of rotatable bonds is 6. The zero-order valence-electron chi connectivity index (χ0n) is 18.1. The number of anilines is 2. The van der Waals surface area contributed by atoms with E-state index in [1.807, 2.05) is 45.0 Å². The lowest BCUT2D eigenvalue weighted by Gasteiger charge is -2.14. The number of amides is 2. The first-order valence-electron chi connectivity index (χ1n) is 10.2. The summed E-state index contributed by atoms with van der Waals surface area (Å²) in [5, 5.41) is 5.63. The highest BCUT2D eigenvalue weighted by atomic mass is 16.5. The van der Waals surface area contributed by atoms with Crippen molar-refractivity contribution in [1.29, 1.82) is 0 Å². The predicted molar refractivity (Wildman–Crippen MR) is 122 cm³/mol. The third kappa shape index (κ3) is 4.46. The number of fused-ring (bicyclic) bond motifs is 1. The molecule has 0 spiro atoms. The summed E-state index contributed by atoms with van der Waals surface area (Å²) < 4.78 is 9.02. The summed E-state index contributed by atoms with van der Waals surface area (Å²) in [4.78, 5) is 33.6. The highest BCUT2D eigenvalue weighted by Gasteiger charge is 2.12. The van der Waals surface area contributed by atoms with Crippen molar-refractivity contribution < 1.29 is 9.53 Å². The van der Waals surface area contributed by atoms with Crippen LogP contribution >= 0.6 is 0 Å². The number of para-hydroxylation sites is 3. The third-order valence-electron chi connectivity index (χ3n) is 4.89. The van der Waals surface area contributed by atoms with E-state index in [1.54, 1.807) is 35.3 Å². The molecule has 2 aromatic carbocycles. The van der Waals surface area contributed by atoms with Crippen LogP contribution in [0.3, 0.4) is 0 Å². The van der Waals surface area contributed by atoms with Crippen LogP contribution in [-0.4, -0.2) is 25.2 Å². The maximum Gasteiger partial charge on any atom is 0.323 e. The molecule has 0 unspecified atom stereocenters. The van der Waals surface area contributed by atoms with Crippen LogP contribution in [0.15, 0.2) is 65.7 Å². The molecule has 0 bridgehead atoms. The Morgan fingerprint density at radius 1 is 1.06 bits per heavy atom. The number of hydrogen-bond donors (Lipinski definition) is 2. The van der Waals surface area contributed by atoms with Gasteiger partial charge in [-0.15, -0.1) is 0 Å². The molecule has 0 saturated carbocycles. The Labute approximate surface area is 184 Å². The summed E-state index contributed by atoms with van der Waals surface area (Å²) in [5.74, 6) is 0.774. The van der Waals surface area contributed by atoms with E-state index in [-0.39, 0.29) is 24.2 Å². The number of aromatic nitrogens is 4. The maximum absolute atomic E-state index is 12.6. The van der Waals surface area contributed by atoms with E-state index in [4.69, 9.17) is 4.74 Å². The Morgan fingerprint density at radius 2 is 1.75 bits per heavy atom. The number of urea groups is 1. The lowest BCUT2D eigenvalue weighted by atomic mass is 10.2. The Bertz CT molecular complexity index is 1320. The first-order chi connectivity index (χ1) is 15.4. The van der Waals surface area contributed by atoms with E-state index in [1.165, 1.54) is 10.6 Å². The molecule has 0 aliphatic heterocycles. The largest absolute Gasteiger partial charge is 0.485 e.